The number of aliphatic hydroxyl groups is 3. The molecule has 1 saturated heterocycles. The Morgan fingerprint density at radius 2 is 2.19 bits per heavy atom. The Morgan fingerprint density at radius 3 is 2.81 bits per heavy atom. The van der Waals surface area contributed by atoms with Gasteiger partial charge in [-0.3, -0.25) is 4.57 Å². The summed E-state index contributed by atoms with van der Waals surface area (Å²) in [6.45, 7) is 0.918. The molecule has 3 rings (SSSR count). The molecular weight excluding hydrogens is 282 g/mol. The van der Waals surface area contributed by atoms with Crippen LogP contribution in [0, 0.1) is 0 Å². The van der Waals surface area contributed by atoms with E-state index in [-0.39, 0.29) is 11.7 Å². The number of rotatable bonds is 2. The van der Waals surface area contributed by atoms with E-state index in [9.17, 15) is 20.1 Å². The monoisotopic (exact) mass is 297 g/mol. The number of nitrogen functional groups attached to an aromatic ring is 1. The molecule has 0 bridgehead atoms. The van der Waals surface area contributed by atoms with Crippen molar-refractivity contribution in [3.05, 3.63) is 22.9 Å². The van der Waals surface area contributed by atoms with Crippen molar-refractivity contribution in [1.82, 2.24) is 18.9 Å². The molecule has 0 saturated carbocycles. The third kappa shape index (κ3) is 1.92. The van der Waals surface area contributed by atoms with E-state index in [2.05, 4.69) is 9.97 Å². The summed E-state index contributed by atoms with van der Waals surface area (Å²) in [5, 5.41) is 29.6. The second-order valence-electron chi connectivity index (χ2n) is 5.12. The van der Waals surface area contributed by atoms with Gasteiger partial charge in [0.25, 0.3) is 0 Å². The number of ether oxygens (including phenoxy) is 1. The molecule has 10 nitrogen and oxygen atoms in total. The molecule has 0 aliphatic carbocycles. The highest BCUT2D eigenvalue weighted by Gasteiger charge is 2.53. The van der Waals surface area contributed by atoms with Gasteiger partial charge in [-0.2, -0.15) is 9.97 Å². The molecule has 2 aromatic rings. The first kappa shape index (κ1) is 13.9. The maximum Gasteiger partial charge on any atom is 0.357 e. The lowest BCUT2D eigenvalue weighted by Crippen LogP contribution is -2.44. The molecule has 3 heterocycles. The molecule has 2 aromatic heterocycles. The predicted molar refractivity (Wildman–Crippen MR) is 69.3 cm³/mol. The smallest absolute Gasteiger partial charge is 0.357 e. The van der Waals surface area contributed by atoms with Gasteiger partial charge in [-0.05, 0) is 6.92 Å². The standard InChI is InChI=1S/C11H15N5O5/c1-11(20)6(18)5(4-17)21-7(11)15-2-3-16-9(15)13-8(12)14-10(16)19/h2-3,5-7,17-18,20H,4H2,1H3,(H2,12,14,19)/t5-,6-,7-,11-/m1/s1. The molecule has 21 heavy (non-hydrogen) atoms. The van der Waals surface area contributed by atoms with Gasteiger partial charge in [0.1, 0.15) is 17.8 Å². The lowest BCUT2D eigenvalue weighted by Gasteiger charge is -2.27. The van der Waals surface area contributed by atoms with Crippen LogP contribution in [0.2, 0.25) is 0 Å². The van der Waals surface area contributed by atoms with Crippen LogP contribution in [0.1, 0.15) is 13.2 Å². The minimum Gasteiger partial charge on any atom is -0.394 e. The molecular formula is C11H15N5O5. The van der Waals surface area contributed by atoms with Crippen molar-refractivity contribution in [2.24, 2.45) is 0 Å². The summed E-state index contributed by atoms with van der Waals surface area (Å²) in [6.07, 6.45) is -0.423. The normalized spacial score (nSPS) is 32.9. The number of aliphatic hydroxyl groups excluding tert-OH is 2. The number of aromatic nitrogens is 4. The zero-order chi connectivity index (χ0) is 15.4. The molecule has 5 N–H and O–H groups in total. The van der Waals surface area contributed by atoms with Gasteiger partial charge >= 0.3 is 5.69 Å². The summed E-state index contributed by atoms with van der Waals surface area (Å²) in [4.78, 5) is 19.1. The van der Waals surface area contributed by atoms with Crippen LogP contribution in [-0.2, 0) is 4.74 Å². The molecule has 0 amide bonds. The van der Waals surface area contributed by atoms with Crippen LogP contribution >= 0.6 is 0 Å². The highest BCUT2D eigenvalue weighted by molar-refractivity contribution is 5.35. The average molecular weight is 297 g/mol. The Balaban J connectivity index is 2.15. The number of nitrogens with zero attached hydrogens (tertiary/aromatic N) is 4. The predicted octanol–water partition coefficient (Wildman–Crippen LogP) is -2.53. The number of anilines is 1. The fourth-order valence-electron chi connectivity index (χ4n) is 2.51. The first-order valence-electron chi connectivity index (χ1n) is 6.25. The number of nitrogens with two attached hydrogens (primary N) is 1. The molecule has 0 radical (unpaired) electrons. The van der Waals surface area contributed by atoms with Crippen molar-refractivity contribution in [3.63, 3.8) is 0 Å². The quantitative estimate of drug-likeness (QED) is 0.474. The molecule has 0 unspecified atom stereocenters. The van der Waals surface area contributed by atoms with Crippen LogP contribution in [0.4, 0.5) is 5.95 Å². The van der Waals surface area contributed by atoms with E-state index in [4.69, 9.17) is 10.5 Å². The Labute approximate surface area is 118 Å². The lowest BCUT2D eigenvalue weighted by atomic mass is 9.97. The van der Waals surface area contributed by atoms with Crippen LogP contribution in [0.25, 0.3) is 5.78 Å². The van der Waals surface area contributed by atoms with E-state index in [0.717, 1.165) is 4.40 Å². The fourth-order valence-corrected chi connectivity index (χ4v) is 2.51. The number of fused-ring (bicyclic) bond motifs is 1. The zero-order valence-corrected chi connectivity index (χ0v) is 11.1. The second kappa shape index (κ2) is 4.49. The Hall–Kier alpha value is -2.01. The summed E-state index contributed by atoms with van der Waals surface area (Å²) < 4.78 is 7.96. The van der Waals surface area contributed by atoms with Gasteiger partial charge in [0.15, 0.2) is 6.23 Å². The van der Waals surface area contributed by atoms with Crippen LogP contribution in [-0.4, -0.2) is 58.7 Å². The lowest BCUT2D eigenvalue weighted by molar-refractivity contribution is -0.0950. The van der Waals surface area contributed by atoms with Gasteiger partial charge in [0, 0.05) is 12.4 Å². The molecule has 0 aromatic carbocycles. The van der Waals surface area contributed by atoms with Gasteiger partial charge in [-0.1, -0.05) is 0 Å². The first-order chi connectivity index (χ1) is 9.86. The van der Waals surface area contributed by atoms with E-state index >= 15 is 0 Å². The number of hydrogen-bond donors (Lipinski definition) is 4. The summed E-state index contributed by atoms with van der Waals surface area (Å²) in [5.74, 6) is -0.0968. The maximum absolute atomic E-state index is 11.7. The molecule has 1 fully saturated rings. The molecule has 0 spiro atoms. The minimum absolute atomic E-state index is 0.114. The van der Waals surface area contributed by atoms with Crippen molar-refractivity contribution in [2.45, 2.75) is 31.0 Å². The van der Waals surface area contributed by atoms with Crippen molar-refractivity contribution in [3.8, 4) is 0 Å². The van der Waals surface area contributed by atoms with E-state index in [1.54, 1.807) is 0 Å². The summed E-state index contributed by atoms with van der Waals surface area (Å²) in [7, 11) is 0. The Bertz CT molecular complexity index is 738. The minimum atomic E-state index is -1.68. The van der Waals surface area contributed by atoms with Gasteiger partial charge in [0.2, 0.25) is 11.7 Å². The highest BCUT2D eigenvalue weighted by atomic mass is 16.6. The van der Waals surface area contributed by atoms with Crippen LogP contribution < -0.4 is 11.4 Å². The number of hydrogen-bond acceptors (Lipinski definition) is 8. The topological polar surface area (TPSA) is 148 Å². The average Bonchev–Trinajstić information content (AvgIpc) is 2.91. The first-order valence-corrected chi connectivity index (χ1v) is 6.25. The second-order valence-corrected chi connectivity index (χ2v) is 5.12. The highest BCUT2D eigenvalue weighted by Crippen LogP contribution is 2.38. The molecule has 1 aliphatic rings. The zero-order valence-electron chi connectivity index (χ0n) is 11.1. The van der Waals surface area contributed by atoms with Crippen LogP contribution in [0.5, 0.6) is 0 Å². The fraction of sp³-hybridized carbons (Fsp3) is 0.545. The third-order valence-electron chi connectivity index (χ3n) is 3.64. The van der Waals surface area contributed by atoms with Gasteiger partial charge in [-0.15, -0.1) is 0 Å². The van der Waals surface area contributed by atoms with Gasteiger partial charge < -0.3 is 25.8 Å². The molecule has 114 valence electrons. The van der Waals surface area contributed by atoms with Crippen LogP contribution in [0.3, 0.4) is 0 Å². The number of imidazole rings is 1. The molecule has 10 heteroatoms. The van der Waals surface area contributed by atoms with E-state index < -0.39 is 36.3 Å². The van der Waals surface area contributed by atoms with Gasteiger partial charge in [0.05, 0.1) is 6.61 Å². The van der Waals surface area contributed by atoms with E-state index in [1.165, 1.54) is 23.9 Å². The van der Waals surface area contributed by atoms with Crippen LogP contribution in [0.15, 0.2) is 17.2 Å². The van der Waals surface area contributed by atoms with Crippen molar-refractivity contribution >= 4 is 11.7 Å². The summed E-state index contributed by atoms with van der Waals surface area (Å²) in [6, 6.07) is 0. The van der Waals surface area contributed by atoms with E-state index in [1.807, 2.05) is 0 Å². The summed E-state index contributed by atoms with van der Waals surface area (Å²) >= 11 is 0. The Morgan fingerprint density at radius 1 is 1.48 bits per heavy atom. The van der Waals surface area contributed by atoms with Crippen molar-refractivity contribution in [2.75, 3.05) is 12.3 Å². The Kier molecular flexibility index (Phi) is 2.99. The SMILES string of the molecule is C[C@@]1(O)[C@H](O)[C@@H](CO)O[C@H]1n1ccn2c(=O)nc(N)nc12. The van der Waals surface area contributed by atoms with Crippen molar-refractivity contribution in [1.29, 1.82) is 0 Å². The largest absolute Gasteiger partial charge is 0.394 e. The van der Waals surface area contributed by atoms with E-state index in [0.29, 0.717) is 0 Å². The molecule has 4 atom stereocenters. The third-order valence-corrected chi connectivity index (χ3v) is 3.64. The maximum atomic E-state index is 11.7. The van der Waals surface area contributed by atoms with Gasteiger partial charge in [-0.25, -0.2) is 9.20 Å². The molecule has 1 aliphatic heterocycles. The van der Waals surface area contributed by atoms with Crippen molar-refractivity contribution < 1.29 is 20.1 Å². The summed E-state index contributed by atoms with van der Waals surface area (Å²) in [5.41, 5.74) is 3.16.